The van der Waals surface area contributed by atoms with Gasteiger partial charge in [-0.05, 0) is 61.9 Å². The van der Waals surface area contributed by atoms with E-state index >= 15 is 0 Å². The number of hydrogen-bond donors (Lipinski definition) is 2. The first kappa shape index (κ1) is 19.8. The Morgan fingerprint density at radius 3 is 2.76 bits per heavy atom. The van der Waals surface area contributed by atoms with Gasteiger partial charge < -0.3 is 15.5 Å². The van der Waals surface area contributed by atoms with Crippen molar-refractivity contribution >= 4 is 40.5 Å². The van der Waals surface area contributed by atoms with Crippen molar-refractivity contribution < 1.29 is 9.59 Å². The van der Waals surface area contributed by atoms with Crippen molar-refractivity contribution in [1.82, 2.24) is 0 Å². The smallest absolute Gasteiger partial charge is 0.227 e. The highest BCUT2D eigenvalue weighted by atomic mass is 35.5. The van der Waals surface area contributed by atoms with Crippen LogP contribution in [0.1, 0.15) is 37.7 Å². The van der Waals surface area contributed by atoms with E-state index in [0.29, 0.717) is 24.3 Å². The van der Waals surface area contributed by atoms with Crippen LogP contribution in [0, 0.1) is 5.92 Å². The molecule has 1 saturated heterocycles. The second-order valence-electron chi connectivity index (χ2n) is 7.84. The summed E-state index contributed by atoms with van der Waals surface area (Å²) in [6, 6.07) is 13.5. The fourth-order valence-corrected chi connectivity index (χ4v) is 4.36. The molecular formula is C23H26ClN3O2. The van der Waals surface area contributed by atoms with Crippen LogP contribution < -0.4 is 15.5 Å². The van der Waals surface area contributed by atoms with Crippen molar-refractivity contribution in [3.8, 4) is 0 Å². The fourth-order valence-electron chi connectivity index (χ4n) is 4.18. The summed E-state index contributed by atoms with van der Waals surface area (Å²) in [5.41, 5.74) is 3.78. The molecule has 1 fully saturated rings. The third kappa shape index (κ3) is 4.73. The Kier molecular flexibility index (Phi) is 6.05. The maximum absolute atomic E-state index is 12.6. The summed E-state index contributed by atoms with van der Waals surface area (Å²) in [5.74, 6) is -0.276. The van der Waals surface area contributed by atoms with Crippen molar-refractivity contribution in [2.75, 3.05) is 28.6 Å². The van der Waals surface area contributed by atoms with Gasteiger partial charge in [0, 0.05) is 36.1 Å². The van der Waals surface area contributed by atoms with E-state index < -0.39 is 0 Å². The average molecular weight is 412 g/mol. The van der Waals surface area contributed by atoms with Crippen LogP contribution in [-0.4, -0.2) is 24.9 Å². The molecule has 2 heterocycles. The van der Waals surface area contributed by atoms with Gasteiger partial charge in [0.05, 0.1) is 11.4 Å². The number of piperidine rings is 1. The topological polar surface area (TPSA) is 61.4 Å². The van der Waals surface area contributed by atoms with Gasteiger partial charge in [-0.2, -0.15) is 0 Å². The highest BCUT2D eigenvalue weighted by Gasteiger charge is 2.26. The van der Waals surface area contributed by atoms with E-state index in [4.69, 9.17) is 11.6 Å². The molecule has 0 bridgehead atoms. The molecule has 2 aromatic carbocycles. The van der Waals surface area contributed by atoms with Crippen LogP contribution in [0.25, 0.3) is 0 Å². The van der Waals surface area contributed by atoms with Gasteiger partial charge in [0.1, 0.15) is 0 Å². The molecule has 2 aliphatic heterocycles. The molecule has 2 N–H and O–H groups in total. The number of anilines is 3. The van der Waals surface area contributed by atoms with Crippen molar-refractivity contribution in [2.24, 2.45) is 5.92 Å². The van der Waals surface area contributed by atoms with Gasteiger partial charge in [-0.25, -0.2) is 0 Å². The number of para-hydroxylation sites is 1. The minimum Gasteiger partial charge on any atom is -0.370 e. The summed E-state index contributed by atoms with van der Waals surface area (Å²) >= 11 is 6.18. The van der Waals surface area contributed by atoms with E-state index in [-0.39, 0.29) is 17.7 Å². The quantitative estimate of drug-likeness (QED) is 0.738. The van der Waals surface area contributed by atoms with Crippen LogP contribution in [0.5, 0.6) is 0 Å². The fraction of sp³-hybridized carbons (Fsp3) is 0.391. The first-order valence-electron chi connectivity index (χ1n) is 10.3. The molecule has 2 aliphatic rings. The lowest BCUT2D eigenvalue weighted by Gasteiger charge is -2.30. The first-order valence-corrected chi connectivity index (χ1v) is 10.7. The Morgan fingerprint density at radius 2 is 1.93 bits per heavy atom. The monoisotopic (exact) mass is 411 g/mol. The average Bonchev–Trinajstić information content (AvgIpc) is 2.73. The van der Waals surface area contributed by atoms with Gasteiger partial charge in [-0.1, -0.05) is 29.8 Å². The van der Waals surface area contributed by atoms with Crippen molar-refractivity contribution in [2.45, 2.75) is 38.5 Å². The third-order valence-corrected chi connectivity index (χ3v) is 6.00. The van der Waals surface area contributed by atoms with Crippen LogP contribution in [0.3, 0.4) is 0 Å². The number of carbonyl (C=O) groups is 2. The standard InChI is InChI=1S/C23H26ClN3O2/c24-18-9-10-21(27-12-4-1-5-13-27)20(15-18)25-22(28)11-8-17-14-16-6-2-3-7-19(16)26-23(17)29/h2-3,6-7,9-10,15,17H,1,4-5,8,11-14H2,(H,25,28)(H,26,29). The lowest BCUT2D eigenvalue weighted by molar-refractivity contribution is -0.121. The summed E-state index contributed by atoms with van der Waals surface area (Å²) in [7, 11) is 0. The number of benzene rings is 2. The number of nitrogens with zero attached hydrogens (tertiary/aromatic N) is 1. The summed E-state index contributed by atoms with van der Waals surface area (Å²) in [6.07, 6.45) is 5.06. The van der Waals surface area contributed by atoms with Crippen molar-refractivity contribution in [3.63, 3.8) is 0 Å². The molecular weight excluding hydrogens is 386 g/mol. The number of fused-ring (bicyclic) bond motifs is 1. The Bertz CT molecular complexity index is 909. The summed E-state index contributed by atoms with van der Waals surface area (Å²) in [5, 5.41) is 6.57. The highest BCUT2D eigenvalue weighted by Crippen LogP contribution is 2.32. The predicted molar refractivity (Wildman–Crippen MR) is 118 cm³/mol. The number of nitrogens with one attached hydrogen (secondary N) is 2. The Morgan fingerprint density at radius 1 is 1.14 bits per heavy atom. The molecule has 0 radical (unpaired) electrons. The molecule has 1 atom stereocenters. The van der Waals surface area contributed by atoms with Gasteiger partial charge in [-0.3, -0.25) is 9.59 Å². The second-order valence-corrected chi connectivity index (χ2v) is 8.28. The number of carbonyl (C=O) groups excluding carboxylic acids is 2. The number of rotatable bonds is 5. The van der Waals surface area contributed by atoms with E-state index in [1.165, 1.54) is 6.42 Å². The van der Waals surface area contributed by atoms with E-state index in [2.05, 4.69) is 15.5 Å². The molecule has 29 heavy (non-hydrogen) atoms. The maximum atomic E-state index is 12.6. The Balaban J connectivity index is 1.39. The molecule has 0 aliphatic carbocycles. The molecule has 2 amide bonds. The second kappa shape index (κ2) is 8.87. The molecule has 6 heteroatoms. The molecule has 0 saturated carbocycles. The summed E-state index contributed by atoms with van der Waals surface area (Å²) < 4.78 is 0. The molecule has 0 aromatic heterocycles. The van der Waals surface area contributed by atoms with Crippen LogP contribution >= 0.6 is 11.6 Å². The molecule has 1 unspecified atom stereocenters. The zero-order valence-electron chi connectivity index (χ0n) is 16.4. The maximum Gasteiger partial charge on any atom is 0.227 e. The Hall–Kier alpha value is -2.53. The summed E-state index contributed by atoms with van der Waals surface area (Å²) in [6.45, 7) is 1.98. The Labute approximate surface area is 176 Å². The van der Waals surface area contributed by atoms with Gasteiger partial charge in [0.25, 0.3) is 0 Å². The van der Waals surface area contributed by atoms with Crippen molar-refractivity contribution in [1.29, 1.82) is 0 Å². The normalized spacial score (nSPS) is 18.7. The highest BCUT2D eigenvalue weighted by molar-refractivity contribution is 6.31. The SMILES string of the molecule is O=C(CCC1Cc2ccccc2NC1=O)Nc1cc(Cl)ccc1N1CCCCC1. The van der Waals surface area contributed by atoms with Crippen LogP contribution in [0.2, 0.25) is 5.02 Å². The molecule has 152 valence electrons. The summed E-state index contributed by atoms with van der Waals surface area (Å²) in [4.78, 5) is 27.3. The lowest BCUT2D eigenvalue weighted by Crippen LogP contribution is -2.31. The number of amides is 2. The number of halogens is 1. The van der Waals surface area contributed by atoms with E-state index in [9.17, 15) is 9.59 Å². The minimum atomic E-state index is -0.184. The van der Waals surface area contributed by atoms with Gasteiger partial charge in [0.2, 0.25) is 11.8 Å². The first-order chi connectivity index (χ1) is 14.1. The molecule has 5 nitrogen and oxygen atoms in total. The number of hydrogen-bond acceptors (Lipinski definition) is 3. The third-order valence-electron chi connectivity index (χ3n) is 5.76. The molecule has 2 aromatic rings. The van der Waals surface area contributed by atoms with Gasteiger partial charge in [-0.15, -0.1) is 0 Å². The lowest BCUT2D eigenvalue weighted by atomic mass is 9.89. The minimum absolute atomic E-state index is 0.00624. The largest absolute Gasteiger partial charge is 0.370 e. The van der Waals surface area contributed by atoms with E-state index in [0.717, 1.165) is 48.6 Å². The van der Waals surface area contributed by atoms with E-state index in [1.54, 1.807) is 0 Å². The van der Waals surface area contributed by atoms with Crippen LogP contribution in [-0.2, 0) is 16.0 Å². The van der Waals surface area contributed by atoms with Gasteiger partial charge >= 0.3 is 0 Å². The van der Waals surface area contributed by atoms with Gasteiger partial charge in [0.15, 0.2) is 0 Å². The zero-order chi connectivity index (χ0) is 20.2. The predicted octanol–water partition coefficient (Wildman–Crippen LogP) is 4.86. The zero-order valence-corrected chi connectivity index (χ0v) is 17.2. The van der Waals surface area contributed by atoms with Crippen LogP contribution in [0.15, 0.2) is 42.5 Å². The van der Waals surface area contributed by atoms with E-state index in [1.807, 2.05) is 42.5 Å². The van der Waals surface area contributed by atoms with Crippen LogP contribution in [0.4, 0.5) is 17.1 Å². The molecule has 4 rings (SSSR count). The van der Waals surface area contributed by atoms with Crippen molar-refractivity contribution in [3.05, 3.63) is 53.1 Å². The molecule has 0 spiro atoms.